The zero-order valence-electron chi connectivity index (χ0n) is 13.0. The van der Waals surface area contributed by atoms with E-state index in [1.54, 1.807) is 20.8 Å². The Hall–Kier alpha value is -2.35. The van der Waals surface area contributed by atoms with E-state index in [1.165, 1.54) is 12.1 Å². The molecule has 0 saturated heterocycles. The zero-order valence-corrected chi connectivity index (χ0v) is 13.7. The second kappa shape index (κ2) is 8.33. The van der Waals surface area contributed by atoms with Crippen LogP contribution in [0.2, 0.25) is 5.02 Å². The SMILES string of the molecule is CC(C)OC(=O)C(C)CNC(=O)Nc1ccc([N+](=O)[O-])cc1Cl. The van der Waals surface area contributed by atoms with Gasteiger partial charge in [-0.05, 0) is 19.9 Å². The number of halogens is 1. The first-order valence-corrected chi connectivity index (χ1v) is 7.27. The minimum absolute atomic E-state index is 0.0432. The summed E-state index contributed by atoms with van der Waals surface area (Å²) in [6, 6.07) is 3.12. The summed E-state index contributed by atoms with van der Waals surface area (Å²) >= 11 is 5.87. The summed E-state index contributed by atoms with van der Waals surface area (Å²) in [5.41, 5.74) is 0.0539. The van der Waals surface area contributed by atoms with Gasteiger partial charge in [0.2, 0.25) is 0 Å². The molecule has 9 heteroatoms. The number of esters is 1. The number of amides is 2. The normalized spacial score (nSPS) is 11.7. The van der Waals surface area contributed by atoms with Crippen molar-refractivity contribution < 1.29 is 19.2 Å². The van der Waals surface area contributed by atoms with Crippen LogP contribution in [0.15, 0.2) is 18.2 Å². The number of carbonyl (C=O) groups excluding carboxylic acids is 2. The Kier molecular flexibility index (Phi) is 6.77. The van der Waals surface area contributed by atoms with Crippen LogP contribution in [0.4, 0.5) is 16.2 Å². The number of nitro benzene ring substituents is 1. The van der Waals surface area contributed by atoms with Crippen LogP contribution >= 0.6 is 11.6 Å². The summed E-state index contributed by atoms with van der Waals surface area (Å²) < 4.78 is 5.02. The van der Waals surface area contributed by atoms with E-state index in [4.69, 9.17) is 16.3 Å². The van der Waals surface area contributed by atoms with Gasteiger partial charge in [0.1, 0.15) is 0 Å². The van der Waals surface area contributed by atoms with E-state index >= 15 is 0 Å². The summed E-state index contributed by atoms with van der Waals surface area (Å²) in [5, 5.41) is 15.6. The molecule has 126 valence electrons. The molecular formula is C14H18ClN3O5. The van der Waals surface area contributed by atoms with Gasteiger partial charge in [0, 0.05) is 18.7 Å². The number of rotatable bonds is 6. The van der Waals surface area contributed by atoms with Crippen LogP contribution in [-0.4, -0.2) is 29.6 Å². The molecule has 0 spiro atoms. The van der Waals surface area contributed by atoms with Crippen molar-refractivity contribution in [2.24, 2.45) is 5.92 Å². The molecule has 0 saturated carbocycles. The van der Waals surface area contributed by atoms with Crippen molar-refractivity contribution >= 4 is 35.0 Å². The molecule has 2 amide bonds. The monoisotopic (exact) mass is 343 g/mol. The molecule has 0 fully saturated rings. The molecule has 1 aromatic rings. The molecule has 8 nitrogen and oxygen atoms in total. The van der Waals surface area contributed by atoms with E-state index in [0.717, 1.165) is 6.07 Å². The average Bonchev–Trinajstić information content (AvgIpc) is 2.45. The van der Waals surface area contributed by atoms with E-state index < -0.39 is 22.8 Å². The van der Waals surface area contributed by atoms with Crippen molar-refractivity contribution in [1.29, 1.82) is 0 Å². The highest BCUT2D eigenvalue weighted by molar-refractivity contribution is 6.33. The molecule has 0 aliphatic carbocycles. The molecular weight excluding hydrogens is 326 g/mol. The summed E-state index contributed by atoms with van der Waals surface area (Å²) in [5.74, 6) is -0.913. The third-order valence-corrected chi connectivity index (χ3v) is 3.05. The first-order valence-electron chi connectivity index (χ1n) is 6.90. The second-order valence-corrected chi connectivity index (χ2v) is 5.55. The number of nitrogens with one attached hydrogen (secondary N) is 2. The van der Waals surface area contributed by atoms with Crippen LogP contribution in [0.25, 0.3) is 0 Å². The quantitative estimate of drug-likeness (QED) is 0.468. The van der Waals surface area contributed by atoms with Crippen molar-refractivity contribution in [2.45, 2.75) is 26.9 Å². The van der Waals surface area contributed by atoms with Gasteiger partial charge < -0.3 is 15.4 Å². The van der Waals surface area contributed by atoms with E-state index in [1.807, 2.05) is 0 Å². The maximum Gasteiger partial charge on any atom is 0.319 e. The predicted molar refractivity (Wildman–Crippen MR) is 85.5 cm³/mol. The van der Waals surface area contributed by atoms with Gasteiger partial charge in [-0.1, -0.05) is 18.5 Å². The van der Waals surface area contributed by atoms with E-state index in [0.29, 0.717) is 0 Å². The number of urea groups is 1. The number of ether oxygens (including phenoxy) is 1. The number of nitrogens with zero attached hydrogens (tertiary/aromatic N) is 1. The number of hydrogen-bond acceptors (Lipinski definition) is 5. The fraction of sp³-hybridized carbons (Fsp3) is 0.429. The van der Waals surface area contributed by atoms with Gasteiger partial charge in [0.05, 0.1) is 27.7 Å². The summed E-state index contributed by atoms with van der Waals surface area (Å²) in [4.78, 5) is 33.4. The van der Waals surface area contributed by atoms with Gasteiger partial charge in [-0.15, -0.1) is 0 Å². The van der Waals surface area contributed by atoms with Crippen LogP contribution in [0.3, 0.4) is 0 Å². The minimum atomic E-state index is -0.586. The Labute approximate surface area is 138 Å². The Morgan fingerprint density at radius 3 is 2.52 bits per heavy atom. The Bertz CT molecular complexity index is 606. The van der Waals surface area contributed by atoms with Gasteiger partial charge in [-0.2, -0.15) is 0 Å². The molecule has 2 N–H and O–H groups in total. The first-order chi connectivity index (χ1) is 10.7. The van der Waals surface area contributed by atoms with E-state index in [2.05, 4.69) is 10.6 Å². The maximum absolute atomic E-state index is 11.8. The first kappa shape index (κ1) is 18.7. The third-order valence-electron chi connectivity index (χ3n) is 2.73. The largest absolute Gasteiger partial charge is 0.463 e. The Balaban J connectivity index is 2.54. The van der Waals surface area contributed by atoms with Crippen LogP contribution < -0.4 is 10.6 Å². The minimum Gasteiger partial charge on any atom is -0.463 e. The van der Waals surface area contributed by atoms with Gasteiger partial charge in [-0.25, -0.2) is 4.79 Å². The smallest absolute Gasteiger partial charge is 0.319 e. The molecule has 23 heavy (non-hydrogen) atoms. The molecule has 1 aromatic carbocycles. The molecule has 1 atom stereocenters. The van der Waals surface area contributed by atoms with E-state index in [-0.39, 0.29) is 29.0 Å². The fourth-order valence-corrected chi connectivity index (χ4v) is 1.79. The molecule has 0 radical (unpaired) electrons. The Morgan fingerprint density at radius 2 is 2.00 bits per heavy atom. The number of carbonyl (C=O) groups is 2. The van der Waals surface area contributed by atoms with Gasteiger partial charge in [-0.3, -0.25) is 14.9 Å². The molecule has 0 aliphatic rings. The van der Waals surface area contributed by atoms with Gasteiger partial charge >= 0.3 is 12.0 Å². The lowest BCUT2D eigenvalue weighted by Crippen LogP contribution is -2.35. The number of hydrogen-bond donors (Lipinski definition) is 2. The van der Waals surface area contributed by atoms with Crippen molar-refractivity contribution in [1.82, 2.24) is 5.32 Å². The van der Waals surface area contributed by atoms with Crippen LogP contribution in [-0.2, 0) is 9.53 Å². The van der Waals surface area contributed by atoms with Gasteiger partial charge in [0.25, 0.3) is 5.69 Å². The second-order valence-electron chi connectivity index (χ2n) is 5.14. The summed E-state index contributed by atoms with van der Waals surface area (Å²) in [6.45, 7) is 5.19. The number of anilines is 1. The van der Waals surface area contributed by atoms with Crippen molar-refractivity contribution in [3.05, 3.63) is 33.3 Å². The lowest BCUT2D eigenvalue weighted by Gasteiger charge is -2.15. The molecule has 0 aliphatic heterocycles. The number of nitro groups is 1. The van der Waals surface area contributed by atoms with Gasteiger partial charge in [0.15, 0.2) is 0 Å². The highest BCUT2D eigenvalue weighted by Crippen LogP contribution is 2.26. The van der Waals surface area contributed by atoms with Crippen LogP contribution in [0.5, 0.6) is 0 Å². The van der Waals surface area contributed by atoms with Crippen molar-refractivity contribution in [3.8, 4) is 0 Å². The summed E-state index contributed by atoms with van der Waals surface area (Å²) in [6.07, 6.45) is -0.224. The molecule has 1 rings (SSSR count). The predicted octanol–water partition coefficient (Wildman–Crippen LogP) is 2.96. The highest BCUT2D eigenvalue weighted by atomic mass is 35.5. The standard InChI is InChI=1S/C14H18ClN3O5/c1-8(2)23-13(19)9(3)7-16-14(20)17-12-5-4-10(18(21)22)6-11(12)15/h4-6,8-9H,7H2,1-3H3,(H2,16,17,20). The average molecular weight is 344 g/mol. The molecule has 0 heterocycles. The van der Waals surface area contributed by atoms with Crippen LogP contribution in [0, 0.1) is 16.0 Å². The Morgan fingerprint density at radius 1 is 1.35 bits per heavy atom. The summed E-state index contributed by atoms with van der Waals surface area (Å²) in [7, 11) is 0. The van der Waals surface area contributed by atoms with Crippen molar-refractivity contribution in [3.63, 3.8) is 0 Å². The third kappa shape index (κ3) is 6.11. The molecule has 0 aromatic heterocycles. The molecule has 0 bridgehead atoms. The zero-order chi connectivity index (χ0) is 17.6. The lowest BCUT2D eigenvalue weighted by molar-refractivity contribution is -0.384. The maximum atomic E-state index is 11.8. The lowest BCUT2D eigenvalue weighted by atomic mass is 10.2. The molecule has 1 unspecified atom stereocenters. The van der Waals surface area contributed by atoms with E-state index in [9.17, 15) is 19.7 Å². The highest BCUT2D eigenvalue weighted by Gasteiger charge is 2.17. The van der Waals surface area contributed by atoms with Crippen molar-refractivity contribution in [2.75, 3.05) is 11.9 Å². The number of non-ortho nitro benzene ring substituents is 1. The topological polar surface area (TPSA) is 111 Å². The number of benzene rings is 1. The van der Waals surface area contributed by atoms with Crippen LogP contribution in [0.1, 0.15) is 20.8 Å². The fourth-order valence-electron chi connectivity index (χ4n) is 1.56.